The van der Waals surface area contributed by atoms with Crippen LogP contribution in [-0.2, 0) is 19.1 Å². The normalized spacial score (nSPS) is 42.7. The fourth-order valence-electron chi connectivity index (χ4n) is 3.79. The quantitative estimate of drug-likeness (QED) is 0.430. The summed E-state index contributed by atoms with van der Waals surface area (Å²) in [5.41, 5.74) is 0. The molecule has 4 nitrogen and oxygen atoms in total. The van der Waals surface area contributed by atoms with E-state index in [2.05, 4.69) is 22.6 Å². The Kier molecular flexibility index (Phi) is 3.30. The Morgan fingerprint density at radius 3 is 2.89 bits per heavy atom. The Labute approximate surface area is 126 Å². The van der Waals surface area contributed by atoms with Crippen molar-refractivity contribution in [1.82, 2.24) is 0 Å². The summed E-state index contributed by atoms with van der Waals surface area (Å²) in [5.74, 6) is 0.875. The van der Waals surface area contributed by atoms with Gasteiger partial charge in [0.25, 0.3) is 0 Å². The highest BCUT2D eigenvalue weighted by Crippen LogP contribution is 2.55. The SMILES string of the molecule is CCC(C)(I)C(=O)OC1C2CC3C(=O)OCC1C3C2. The monoisotopic (exact) mass is 378 g/mol. The summed E-state index contributed by atoms with van der Waals surface area (Å²) in [6.07, 6.45) is 2.58. The molecule has 0 aromatic carbocycles. The first-order valence-corrected chi connectivity index (χ1v) is 8.08. The molecule has 0 radical (unpaired) electrons. The Morgan fingerprint density at radius 2 is 2.21 bits per heavy atom. The molecule has 0 aromatic heterocycles. The third-order valence-corrected chi connectivity index (χ3v) is 6.34. The van der Waals surface area contributed by atoms with Crippen molar-refractivity contribution in [2.24, 2.45) is 23.7 Å². The van der Waals surface area contributed by atoms with E-state index in [4.69, 9.17) is 9.47 Å². The number of alkyl halides is 1. The summed E-state index contributed by atoms with van der Waals surface area (Å²) in [6, 6.07) is 0. The van der Waals surface area contributed by atoms with Crippen LogP contribution in [0.5, 0.6) is 0 Å². The van der Waals surface area contributed by atoms with Crippen molar-refractivity contribution in [2.75, 3.05) is 6.61 Å². The van der Waals surface area contributed by atoms with Crippen molar-refractivity contribution < 1.29 is 19.1 Å². The molecule has 0 spiro atoms. The maximum Gasteiger partial charge on any atom is 0.322 e. The van der Waals surface area contributed by atoms with E-state index in [1.165, 1.54) is 0 Å². The van der Waals surface area contributed by atoms with Gasteiger partial charge in [0.15, 0.2) is 0 Å². The van der Waals surface area contributed by atoms with Crippen LogP contribution >= 0.6 is 22.6 Å². The summed E-state index contributed by atoms with van der Waals surface area (Å²) >= 11 is 2.16. The summed E-state index contributed by atoms with van der Waals surface area (Å²) in [5, 5.41) is 0. The topological polar surface area (TPSA) is 52.6 Å². The predicted molar refractivity (Wildman–Crippen MR) is 76.7 cm³/mol. The number of cyclic esters (lactones) is 1. The molecular weight excluding hydrogens is 359 g/mol. The van der Waals surface area contributed by atoms with Crippen molar-refractivity contribution in [3.8, 4) is 0 Å². The van der Waals surface area contributed by atoms with E-state index >= 15 is 0 Å². The van der Waals surface area contributed by atoms with E-state index in [0.717, 1.165) is 19.3 Å². The third-order valence-electron chi connectivity index (χ3n) is 5.14. The van der Waals surface area contributed by atoms with Crippen molar-refractivity contribution in [3.05, 3.63) is 0 Å². The van der Waals surface area contributed by atoms with E-state index in [0.29, 0.717) is 18.4 Å². The highest BCUT2D eigenvalue weighted by Gasteiger charge is 2.59. The van der Waals surface area contributed by atoms with Crippen LogP contribution in [0.3, 0.4) is 0 Å². The lowest BCUT2D eigenvalue weighted by molar-refractivity contribution is -0.175. The van der Waals surface area contributed by atoms with Gasteiger partial charge in [-0.05, 0) is 38.0 Å². The molecule has 0 amide bonds. The van der Waals surface area contributed by atoms with Gasteiger partial charge < -0.3 is 9.47 Å². The van der Waals surface area contributed by atoms with Gasteiger partial charge in [0.1, 0.15) is 9.53 Å². The van der Waals surface area contributed by atoms with Crippen molar-refractivity contribution in [3.63, 3.8) is 0 Å². The number of hydrogen-bond acceptors (Lipinski definition) is 4. The molecule has 6 atom stereocenters. The van der Waals surface area contributed by atoms with Gasteiger partial charge in [0, 0.05) is 5.92 Å². The second-order valence-electron chi connectivity index (χ2n) is 6.22. The van der Waals surface area contributed by atoms with E-state index in [9.17, 15) is 9.59 Å². The third kappa shape index (κ3) is 2.08. The van der Waals surface area contributed by atoms with E-state index in [1.807, 2.05) is 13.8 Å². The zero-order valence-electron chi connectivity index (χ0n) is 11.2. The number of hydrogen-bond donors (Lipinski definition) is 0. The van der Waals surface area contributed by atoms with Crippen LogP contribution in [0, 0.1) is 23.7 Å². The minimum Gasteiger partial charge on any atom is -0.465 e. The van der Waals surface area contributed by atoms with Gasteiger partial charge in [-0.3, -0.25) is 9.59 Å². The lowest BCUT2D eigenvalue weighted by Crippen LogP contribution is -2.47. The average Bonchev–Trinajstić information content (AvgIpc) is 2.94. The second kappa shape index (κ2) is 4.60. The molecule has 106 valence electrons. The molecule has 19 heavy (non-hydrogen) atoms. The fourth-order valence-corrected chi connectivity index (χ4v) is 3.92. The zero-order valence-corrected chi connectivity index (χ0v) is 13.4. The molecular formula is C14H19IO4. The van der Waals surface area contributed by atoms with Crippen molar-refractivity contribution in [1.29, 1.82) is 0 Å². The molecule has 2 saturated carbocycles. The fraction of sp³-hybridized carbons (Fsp3) is 0.857. The minimum absolute atomic E-state index is 0.0394. The number of carbonyl (C=O) groups excluding carboxylic acids is 2. The highest BCUT2D eigenvalue weighted by molar-refractivity contribution is 14.1. The smallest absolute Gasteiger partial charge is 0.322 e. The molecule has 2 bridgehead atoms. The van der Waals surface area contributed by atoms with Gasteiger partial charge in [0.2, 0.25) is 0 Å². The molecule has 1 saturated heterocycles. The second-order valence-corrected chi connectivity index (χ2v) is 8.60. The lowest BCUT2D eigenvalue weighted by atomic mass is 9.77. The molecule has 3 aliphatic rings. The van der Waals surface area contributed by atoms with Crippen molar-refractivity contribution in [2.45, 2.75) is 42.6 Å². The summed E-state index contributed by atoms with van der Waals surface area (Å²) < 4.78 is 10.6. The first kappa shape index (κ1) is 13.6. The maximum atomic E-state index is 12.2. The van der Waals surface area contributed by atoms with Gasteiger partial charge in [-0.2, -0.15) is 0 Å². The first-order valence-electron chi connectivity index (χ1n) is 7.00. The molecule has 1 aliphatic heterocycles. The number of esters is 2. The number of rotatable bonds is 3. The lowest BCUT2D eigenvalue weighted by Gasteiger charge is -2.38. The van der Waals surface area contributed by atoms with Gasteiger partial charge >= 0.3 is 11.9 Å². The number of ether oxygens (including phenoxy) is 2. The van der Waals surface area contributed by atoms with E-state index < -0.39 is 3.42 Å². The van der Waals surface area contributed by atoms with Crippen LogP contribution < -0.4 is 0 Å². The predicted octanol–water partition coefficient (Wildman–Crippen LogP) is 2.33. The Balaban J connectivity index is 1.72. The standard InChI is InChI=1S/C14H19IO4/c1-3-14(2,15)13(17)19-11-7-4-8-9(5-7)12(16)18-6-10(8)11/h7-11H,3-6H2,1-2H3. The molecule has 3 rings (SSSR count). The van der Waals surface area contributed by atoms with Crippen LogP contribution in [0.4, 0.5) is 0 Å². The minimum atomic E-state index is -0.454. The van der Waals surface area contributed by atoms with Crippen LogP contribution in [0.15, 0.2) is 0 Å². The maximum absolute atomic E-state index is 12.2. The number of halogens is 1. The molecule has 1 heterocycles. The highest BCUT2D eigenvalue weighted by atomic mass is 127. The summed E-state index contributed by atoms with van der Waals surface area (Å²) in [6.45, 7) is 4.33. The Hall–Kier alpha value is -0.330. The van der Waals surface area contributed by atoms with Crippen LogP contribution in [-0.4, -0.2) is 28.1 Å². The van der Waals surface area contributed by atoms with E-state index in [1.54, 1.807) is 0 Å². The summed E-state index contributed by atoms with van der Waals surface area (Å²) in [4.78, 5) is 23.9. The van der Waals surface area contributed by atoms with Gasteiger partial charge in [0.05, 0.1) is 12.5 Å². The van der Waals surface area contributed by atoms with Crippen molar-refractivity contribution >= 4 is 34.5 Å². The number of fused-ring (bicyclic) bond motifs is 1. The molecule has 2 aliphatic carbocycles. The van der Waals surface area contributed by atoms with Crippen LogP contribution in [0.1, 0.15) is 33.1 Å². The number of carbonyl (C=O) groups is 2. The molecule has 0 N–H and O–H groups in total. The van der Waals surface area contributed by atoms with E-state index in [-0.39, 0.29) is 29.9 Å². The van der Waals surface area contributed by atoms with Gasteiger partial charge in [-0.1, -0.05) is 29.5 Å². The first-order chi connectivity index (χ1) is 8.94. The Morgan fingerprint density at radius 1 is 1.47 bits per heavy atom. The Bertz CT molecular complexity index is 420. The van der Waals surface area contributed by atoms with Gasteiger partial charge in [-0.25, -0.2) is 0 Å². The van der Waals surface area contributed by atoms with Crippen LogP contribution in [0.25, 0.3) is 0 Å². The molecule has 5 heteroatoms. The largest absolute Gasteiger partial charge is 0.465 e. The summed E-state index contributed by atoms with van der Waals surface area (Å²) in [7, 11) is 0. The van der Waals surface area contributed by atoms with Crippen LogP contribution in [0.2, 0.25) is 0 Å². The molecule has 6 unspecified atom stereocenters. The average molecular weight is 378 g/mol. The zero-order chi connectivity index (χ0) is 13.8. The molecule has 3 fully saturated rings. The molecule has 0 aromatic rings. The van der Waals surface area contributed by atoms with Gasteiger partial charge in [-0.15, -0.1) is 0 Å².